The zero-order chi connectivity index (χ0) is 8.39. The van der Waals surface area contributed by atoms with Gasteiger partial charge in [-0.3, -0.25) is 4.90 Å². The Morgan fingerprint density at radius 3 is 3.00 bits per heavy atom. The molecule has 1 heterocycles. The van der Waals surface area contributed by atoms with Gasteiger partial charge in [0, 0.05) is 18.8 Å². The van der Waals surface area contributed by atoms with Gasteiger partial charge in [-0.2, -0.15) is 0 Å². The summed E-state index contributed by atoms with van der Waals surface area (Å²) >= 11 is 0. The molecular formula is C9H12N2O. The number of allylic oxidation sites excluding steroid dienone is 4. The van der Waals surface area contributed by atoms with Gasteiger partial charge in [-0.05, 0) is 18.9 Å². The van der Waals surface area contributed by atoms with Crippen LogP contribution in [0, 0.1) is 0 Å². The smallest absolute Gasteiger partial charge is 0.321 e. The van der Waals surface area contributed by atoms with Gasteiger partial charge < -0.3 is 5.32 Å². The first-order valence-electron chi connectivity index (χ1n) is 4.29. The average molecular weight is 164 g/mol. The summed E-state index contributed by atoms with van der Waals surface area (Å²) in [4.78, 5) is 13.0. The zero-order valence-electron chi connectivity index (χ0n) is 6.92. The maximum absolute atomic E-state index is 11.2. The van der Waals surface area contributed by atoms with Crippen LogP contribution in [0.5, 0.6) is 0 Å². The van der Waals surface area contributed by atoms with E-state index in [9.17, 15) is 4.79 Å². The Bertz CT molecular complexity index is 255. The van der Waals surface area contributed by atoms with E-state index in [-0.39, 0.29) is 6.03 Å². The van der Waals surface area contributed by atoms with Crippen molar-refractivity contribution in [3.8, 4) is 0 Å². The molecule has 3 nitrogen and oxygen atoms in total. The number of rotatable bonds is 1. The van der Waals surface area contributed by atoms with E-state index in [0.29, 0.717) is 0 Å². The normalized spacial score (nSPS) is 22.5. The Labute approximate surface area is 71.7 Å². The molecule has 0 saturated carbocycles. The van der Waals surface area contributed by atoms with Gasteiger partial charge in [-0.15, -0.1) is 0 Å². The van der Waals surface area contributed by atoms with Gasteiger partial charge in [0.2, 0.25) is 0 Å². The Kier molecular flexibility index (Phi) is 1.86. The summed E-state index contributed by atoms with van der Waals surface area (Å²) in [7, 11) is 0. The van der Waals surface area contributed by atoms with E-state index in [1.54, 1.807) is 0 Å². The number of carbonyl (C=O) groups is 1. The highest BCUT2D eigenvalue weighted by molar-refractivity contribution is 5.78. The summed E-state index contributed by atoms with van der Waals surface area (Å²) in [6.07, 6.45) is 8.20. The van der Waals surface area contributed by atoms with Crippen LogP contribution in [-0.2, 0) is 0 Å². The molecule has 0 aromatic heterocycles. The van der Waals surface area contributed by atoms with Crippen molar-refractivity contribution >= 4 is 6.03 Å². The number of nitrogens with one attached hydrogen (secondary N) is 1. The highest BCUT2D eigenvalue weighted by atomic mass is 16.2. The minimum atomic E-state index is 0.0524. The Balaban J connectivity index is 2.12. The number of carbonyl (C=O) groups excluding carboxylic acids is 1. The largest absolute Gasteiger partial charge is 0.336 e. The fourth-order valence-corrected chi connectivity index (χ4v) is 1.56. The van der Waals surface area contributed by atoms with Crippen molar-refractivity contribution in [3.05, 3.63) is 23.9 Å². The standard InChI is InChI=1S/C9H12N2O/c12-9-10-6-7-11(9)8-4-2-1-3-5-8/h1-2,4H,3,5-7H2,(H,10,12). The predicted octanol–water partition coefficient (Wildman–Crippen LogP) is 1.25. The van der Waals surface area contributed by atoms with Crippen molar-refractivity contribution in [2.45, 2.75) is 12.8 Å². The molecule has 0 radical (unpaired) electrons. The van der Waals surface area contributed by atoms with E-state index >= 15 is 0 Å². The van der Waals surface area contributed by atoms with Crippen LogP contribution in [-0.4, -0.2) is 24.0 Å². The lowest BCUT2D eigenvalue weighted by molar-refractivity contribution is 0.226. The topological polar surface area (TPSA) is 32.3 Å². The minimum absolute atomic E-state index is 0.0524. The van der Waals surface area contributed by atoms with Gasteiger partial charge in [0.05, 0.1) is 0 Å². The highest BCUT2D eigenvalue weighted by Gasteiger charge is 2.22. The van der Waals surface area contributed by atoms with E-state index in [0.717, 1.165) is 31.6 Å². The molecule has 0 aromatic carbocycles. The lowest BCUT2D eigenvalue weighted by atomic mass is 10.1. The monoisotopic (exact) mass is 164 g/mol. The third-order valence-corrected chi connectivity index (χ3v) is 2.20. The van der Waals surface area contributed by atoms with E-state index in [4.69, 9.17) is 0 Å². The van der Waals surface area contributed by atoms with E-state index < -0.39 is 0 Å². The molecule has 12 heavy (non-hydrogen) atoms. The predicted molar refractivity (Wildman–Crippen MR) is 46.6 cm³/mol. The van der Waals surface area contributed by atoms with E-state index in [2.05, 4.69) is 11.4 Å². The van der Waals surface area contributed by atoms with Crippen LogP contribution in [0.25, 0.3) is 0 Å². The number of urea groups is 1. The zero-order valence-corrected chi connectivity index (χ0v) is 6.92. The van der Waals surface area contributed by atoms with Crippen LogP contribution in [0.1, 0.15) is 12.8 Å². The molecule has 0 atom stereocenters. The van der Waals surface area contributed by atoms with E-state index in [1.807, 2.05) is 17.1 Å². The second-order valence-corrected chi connectivity index (χ2v) is 3.01. The molecule has 0 unspecified atom stereocenters. The van der Waals surface area contributed by atoms with Crippen molar-refractivity contribution in [2.75, 3.05) is 13.1 Å². The third kappa shape index (κ3) is 1.22. The van der Waals surface area contributed by atoms with Gasteiger partial charge in [-0.25, -0.2) is 4.79 Å². The Morgan fingerprint density at radius 2 is 2.42 bits per heavy atom. The van der Waals surface area contributed by atoms with Crippen LogP contribution >= 0.6 is 0 Å². The maximum atomic E-state index is 11.2. The molecular weight excluding hydrogens is 152 g/mol. The SMILES string of the molecule is O=C1NCCN1C1=CC=CCC1. The molecule has 64 valence electrons. The van der Waals surface area contributed by atoms with E-state index in [1.165, 1.54) is 0 Å². The summed E-state index contributed by atoms with van der Waals surface area (Å²) in [5.74, 6) is 0. The lowest BCUT2D eigenvalue weighted by Gasteiger charge is -2.19. The summed E-state index contributed by atoms with van der Waals surface area (Å²) in [6, 6.07) is 0.0524. The number of hydrogen-bond donors (Lipinski definition) is 1. The molecule has 1 aliphatic carbocycles. The van der Waals surface area contributed by atoms with Crippen LogP contribution in [0.2, 0.25) is 0 Å². The highest BCUT2D eigenvalue weighted by Crippen LogP contribution is 2.17. The van der Waals surface area contributed by atoms with Crippen molar-refractivity contribution < 1.29 is 4.79 Å². The van der Waals surface area contributed by atoms with Crippen LogP contribution in [0.4, 0.5) is 4.79 Å². The lowest BCUT2D eigenvalue weighted by Crippen LogP contribution is -2.27. The fourth-order valence-electron chi connectivity index (χ4n) is 1.56. The van der Waals surface area contributed by atoms with Crippen LogP contribution < -0.4 is 5.32 Å². The molecule has 2 aliphatic rings. The molecule has 0 spiro atoms. The Morgan fingerprint density at radius 1 is 1.50 bits per heavy atom. The number of nitrogens with zero attached hydrogens (tertiary/aromatic N) is 1. The molecule has 2 amide bonds. The molecule has 1 saturated heterocycles. The molecule has 1 N–H and O–H groups in total. The quantitative estimate of drug-likeness (QED) is 0.621. The molecule has 1 fully saturated rings. The van der Waals surface area contributed by atoms with Crippen LogP contribution in [0.3, 0.4) is 0 Å². The van der Waals surface area contributed by atoms with Gasteiger partial charge in [0.25, 0.3) is 0 Å². The molecule has 0 bridgehead atoms. The first-order valence-corrected chi connectivity index (χ1v) is 4.29. The van der Waals surface area contributed by atoms with Gasteiger partial charge >= 0.3 is 6.03 Å². The summed E-state index contributed by atoms with van der Waals surface area (Å²) in [5.41, 5.74) is 1.15. The maximum Gasteiger partial charge on any atom is 0.321 e. The van der Waals surface area contributed by atoms with Gasteiger partial charge in [0.1, 0.15) is 0 Å². The van der Waals surface area contributed by atoms with Crippen LogP contribution in [0.15, 0.2) is 23.9 Å². The summed E-state index contributed by atoms with van der Waals surface area (Å²) in [6.45, 7) is 1.60. The molecule has 3 heteroatoms. The van der Waals surface area contributed by atoms with Crippen molar-refractivity contribution in [2.24, 2.45) is 0 Å². The minimum Gasteiger partial charge on any atom is -0.336 e. The second-order valence-electron chi connectivity index (χ2n) is 3.01. The molecule has 0 aromatic rings. The first-order chi connectivity index (χ1) is 5.88. The summed E-state index contributed by atoms with van der Waals surface area (Å²) in [5, 5.41) is 2.79. The van der Waals surface area contributed by atoms with Gasteiger partial charge in [-0.1, -0.05) is 12.2 Å². The summed E-state index contributed by atoms with van der Waals surface area (Å²) < 4.78 is 0. The average Bonchev–Trinajstić information content (AvgIpc) is 2.53. The number of hydrogen-bond acceptors (Lipinski definition) is 1. The van der Waals surface area contributed by atoms with Gasteiger partial charge in [0.15, 0.2) is 0 Å². The first kappa shape index (κ1) is 7.40. The van der Waals surface area contributed by atoms with Crippen molar-refractivity contribution in [1.82, 2.24) is 10.2 Å². The Hall–Kier alpha value is -1.25. The fraction of sp³-hybridized carbons (Fsp3) is 0.444. The van der Waals surface area contributed by atoms with Crippen molar-refractivity contribution in [3.63, 3.8) is 0 Å². The molecule has 1 aliphatic heterocycles. The van der Waals surface area contributed by atoms with Crippen molar-refractivity contribution in [1.29, 1.82) is 0 Å². The molecule has 2 rings (SSSR count). The third-order valence-electron chi connectivity index (χ3n) is 2.20. The number of amides is 2. The second kappa shape index (κ2) is 3.01.